The summed E-state index contributed by atoms with van der Waals surface area (Å²) in [6, 6.07) is 18.7. The summed E-state index contributed by atoms with van der Waals surface area (Å²) < 4.78 is 5.14. The van der Waals surface area contributed by atoms with Crippen LogP contribution in [-0.4, -0.2) is 43.1 Å². The largest absolute Gasteiger partial charge is 0.497 e. The van der Waals surface area contributed by atoms with Gasteiger partial charge in [-0.05, 0) is 62.7 Å². The fourth-order valence-electron chi connectivity index (χ4n) is 3.73. The molecular weight excluding hydrogens is 350 g/mol. The lowest BCUT2D eigenvalue weighted by atomic mass is 10.0. The normalized spacial score (nSPS) is 16.5. The van der Waals surface area contributed by atoms with Crippen molar-refractivity contribution in [1.82, 2.24) is 10.2 Å². The topological polar surface area (TPSA) is 53.6 Å². The van der Waals surface area contributed by atoms with Crippen molar-refractivity contribution >= 4 is 11.6 Å². The Labute approximate surface area is 168 Å². The van der Waals surface area contributed by atoms with Crippen molar-refractivity contribution in [3.8, 4) is 5.75 Å². The molecule has 0 aliphatic carbocycles. The molecule has 5 nitrogen and oxygen atoms in total. The number of rotatable bonds is 8. The Morgan fingerprint density at radius 2 is 1.79 bits per heavy atom. The fraction of sp³-hybridized carbons (Fsp3) is 0.435. The van der Waals surface area contributed by atoms with Gasteiger partial charge in [0, 0.05) is 30.7 Å². The van der Waals surface area contributed by atoms with Gasteiger partial charge in [-0.2, -0.15) is 0 Å². The molecule has 0 aromatic heterocycles. The minimum Gasteiger partial charge on any atom is -0.497 e. The highest BCUT2D eigenvalue weighted by molar-refractivity contribution is 5.91. The van der Waals surface area contributed by atoms with E-state index in [-0.39, 0.29) is 11.9 Å². The van der Waals surface area contributed by atoms with E-state index in [0.717, 1.165) is 43.9 Å². The van der Waals surface area contributed by atoms with Gasteiger partial charge in [0.15, 0.2) is 0 Å². The van der Waals surface area contributed by atoms with Crippen LogP contribution in [-0.2, 0) is 11.3 Å². The van der Waals surface area contributed by atoms with Crippen molar-refractivity contribution in [3.05, 3.63) is 60.2 Å². The first kappa shape index (κ1) is 20.4. The number of hydrogen-bond donors (Lipinski definition) is 2. The Hall–Kier alpha value is -2.37. The second-order valence-electron chi connectivity index (χ2n) is 7.58. The zero-order chi connectivity index (χ0) is 19.8. The van der Waals surface area contributed by atoms with Crippen molar-refractivity contribution in [1.29, 1.82) is 0 Å². The zero-order valence-corrected chi connectivity index (χ0v) is 16.9. The molecule has 2 aromatic rings. The van der Waals surface area contributed by atoms with Gasteiger partial charge in [-0.1, -0.05) is 30.3 Å². The van der Waals surface area contributed by atoms with Gasteiger partial charge in [-0.25, -0.2) is 0 Å². The van der Waals surface area contributed by atoms with Crippen LogP contribution in [0.2, 0.25) is 0 Å². The number of likely N-dealkylation sites (tertiary alicyclic amines) is 1. The van der Waals surface area contributed by atoms with E-state index >= 15 is 0 Å². The molecule has 1 aliphatic heterocycles. The maximum absolute atomic E-state index is 12.3. The molecule has 0 saturated carbocycles. The summed E-state index contributed by atoms with van der Waals surface area (Å²) in [5, 5.41) is 6.58. The summed E-state index contributed by atoms with van der Waals surface area (Å²) in [7, 11) is 1.63. The van der Waals surface area contributed by atoms with E-state index in [1.165, 1.54) is 5.56 Å². The molecule has 0 spiro atoms. The first-order valence-electron chi connectivity index (χ1n) is 10.1. The molecule has 1 amide bonds. The molecule has 1 fully saturated rings. The minimum atomic E-state index is 0.0340. The number of benzene rings is 2. The number of hydrogen-bond acceptors (Lipinski definition) is 4. The number of piperidine rings is 1. The Morgan fingerprint density at radius 1 is 1.11 bits per heavy atom. The molecule has 0 radical (unpaired) electrons. The lowest BCUT2D eigenvalue weighted by Gasteiger charge is -2.34. The molecule has 2 aromatic carbocycles. The molecule has 1 unspecified atom stereocenters. The van der Waals surface area contributed by atoms with Gasteiger partial charge in [0.2, 0.25) is 5.91 Å². The van der Waals surface area contributed by atoms with Crippen molar-refractivity contribution in [2.24, 2.45) is 0 Å². The Morgan fingerprint density at radius 3 is 2.43 bits per heavy atom. The van der Waals surface area contributed by atoms with E-state index in [1.807, 2.05) is 24.3 Å². The molecule has 0 bridgehead atoms. The Balaban J connectivity index is 1.36. The number of nitrogens with one attached hydrogen (secondary N) is 2. The number of carbonyl (C=O) groups is 1. The average molecular weight is 382 g/mol. The molecule has 3 rings (SSSR count). The third-order valence-corrected chi connectivity index (χ3v) is 5.22. The van der Waals surface area contributed by atoms with Crippen LogP contribution in [0.15, 0.2) is 54.6 Å². The SMILES string of the molecule is COc1ccc(NC(=O)CC(C)NC2CCN(Cc3ccccc3)CC2)cc1. The van der Waals surface area contributed by atoms with Crippen LogP contribution in [0, 0.1) is 0 Å². The molecule has 1 saturated heterocycles. The number of amides is 1. The number of carbonyl (C=O) groups excluding carboxylic acids is 1. The Kier molecular flexibility index (Phi) is 7.46. The third kappa shape index (κ3) is 6.36. The molecule has 1 heterocycles. The lowest BCUT2D eigenvalue weighted by Crippen LogP contribution is -2.45. The summed E-state index contributed by atoms with van der Waals surface area (Å²) >= 11 is 0. The maximum atomic E-state index is 12.3. The maximum Gasteiger partial charge on any atom is 0.225 e. The summed E-state index contributed by atoms with van der Waals surface area (Å²) in [6.07, 6.45) is 2.71. The molecule has 28 heavy (non-hydrogen) atoms. The van der Waals surface area contributed by atoms with Gasteiger partial charge < -0.3 is 15.4 Å². The summed E-state index contributed by atoms with van der Waals surface area (Å²) in [5.41, 5.74) is 2.17. The van der Waals surface area contributed by atoms with E-state index in [9.17, 15) is 4.79 Å². The standard InChI is InChI=1S/C23H31N3O2/c1-18(16-23(27)25-20-8-10-22(28-2)11-9-20)24-21-12-14-26(15-13-21)17-19-6-4-3-5-7-19/h3-11,18,21,24H,12-17H2,1-2H3,(H,25,27). The quantitative estimate of drug-likeness (QED) is 0.733. The van der Waals surface area contributed by atoms with E-state index in [0.29, 0.717) is 12.5 Å². The molecule has 150 valence electrons. The lowest BCUT2D eigenvalue weighted by molar-refractivity contribution is -0.116. The highest BCUT2D eigenvalue weighted by Gasteiger charge is 2.21. The van der Waals surface area contributed by atoms with Crippen LogP contribution in [0.5, 0.6) is 5.75 Å². The highest BCUT2D eigenvalue weighted by atomic mass is 16.5. The summed E-state index contributed by atoms with van der Waals surface area (Å²) in [6.45, 7) is 5.30. The van der Waals surface area contributed by atoms with Gasteiger partial charge in [-0.3, -0.25) is 9.69 Å². The van der Waals surface area contributed by atoms with Crippen LogP contribution in [0.1, 0.15) is 31.7 Å². The zero-order valence-electron chi connectivity index (χ0n) is 16.9. The number of nitrogens with zero attached hydrogens (tertiary/aromatic N) is 1. The second-order valence-corrected chi connectivity index (χ2v) is 7.58. The van der Waals surface area contributed by atoms with Crippen LogP contribution < -0.4 is 15.4 Å². The highest BCUT2D eigenvalue weighted by Crippen LogP contribution is 2.17. The van der Waals surface area contributed by atoms with Crippen LogP contribution in [0.25, 0.3) is 0 Å². The van der Waals surface area contributed by atoms with Gasteiger partial charge in [0.05, 0.1) is 7.11 Å². The number of ether oxygens (including phenoxy) is 1. The van der Waals surface area contributed by atoms with Crippen molar-refractivity contribution in [2.45, 2.75) is 44.8 Å². The van der Waals surface area contributed by atoms with Crippen LogP contribution in [0.4, 0.5) is 5.69 Å². The Bertz CT molecular complexity index is 725. The fourth-order valence-corrected chi connectivity index (χ4v) is 3.73. The number of anilines is 1. The first-order valence-corrected chi connectivity index (χ1v) is 10.1. The van der Waals surface area contributed by atoms with Crippen LogP contribution in [0.3, 0.4) is 0 Å². The van der Waals surface area contributed by atoms with Gasteiger partial charge in [0.1, 0.15) is 5.75 Å². The van der Waals surface area contributed by atoms with E-state index in [2.05, 4.69) is 52.8 Å². The van der Waals surface area contributed by atoms with E-state index in [1.54, 1.807) is 7.11 Å². The first-order chi connectivity index (χ1) is 13.6. The molecule has 1 atom stereocenters. The van der Waals surface area contributed by atoms with Crippen molar-refractivity contribution < 1.29 is 9.53 Å². The molecular formula is C23H31N3O2. The smallest absolute Gasteiger partial charge is 0.225 e. The number of methoxy groups -OCH3 is 1. The van der Waals surface area contributed by atoms with Crippen molar-refractivity contribution in [3.63, 3.8) is 0 Å². The van der Waals surface area contributed by atoms with Gasteiger partial charge in [-0.15, -0.1) is 0 Å². The summed E-state index contributed by atoms with van der Waals surface area (Å²) in [4.78, 5) is 14.8. The van der Waals surface area contributed by atoms with Gasteiger partial charge >= 0.3 is 0 Å². The molecule has 1 aliphatic rings. The monoisotopic (exact) mass is 381 g/mol. The van der Waals surface area contributed by atoms with Crippen LogP contribution >= 0.6 is 0 Å². The molecule has 2 N–H and O–H groups in total. The predicted octanol–water partition coefficient (Wildman–Crippen LogP) is 3.67. The molecule has 5 heteroatoms. The summed E-state index contributed by atoms with van der Waals surface area (Å²) in [5.74, 6) is 0.818. The van der Waals surface area contributed by atoms with Gasteiger partial charge in [0.25, 0.3) is 0 Å². The van der Waals surface area contributed by atoms with E-state index < -0.39 is 0 Å². The average Bonchev–Trinajstić information content (AvgIpc) is 2.70. The predicted molar refractivity (Wildman–Crippen MR) is 114 cm³/mol. The minimum absolute atomic E-state index is 0.0340. The van der Waals surface area contributed by atoms with Crippen molar-refractivity contribution in [2.75, 3.05) is 25.5 Å². The second kappa shape index (κ2) is 10.2. The third-order valence-electron chi connectivity index (χ3n) is 5.22. The van der Waals surface area contributed by atoms with E-state index in [4.69, 9.17) is 4.74 Å².